The van der Waals surface area contributed by atoms with Gasteiger partial charge in [-0.25, -0.2) is 4.39 Å². The first-order valence-corrected chi connectivity index (χ1v) is 8.56. The van der Waals surface area contributed by atoms with E-state index in [0.717, 1.165) is 0 Å². The molecule has 0 saturated carbocycles. The van der Waals surface area contributed by atoms with Crippen LogP contribution < -0.4 is 4.43 Å². The van der Waals surface area contributed by atoms with Crippen LogP contribution >= 0.6 is 11.6 Å². The second-order valence-corrected chi connectivity index (χ2v) is 10.6. The molecule has 1 rings (SSSR count). The molecule has 0 N–H and O–H groups in total. The predicted octanol–water partition coefficient (Wildman–Crippen LogP) is 4.86. The van der Waals surface area contributed by atoms with E-state index in [2.05, 4.69) is 33.9 Å². The van der Waals surface area contributed by atoms with E-state index in [9.17, 15) is 4.39 Å². The molecule has 16 heavy (non-hydrogen) atoms. The highest BCUT2D eigenvalue weighted by atomic mass is 35.5. The van der Waals surface area contributed by atoms with Gasteiger partial charge < -0.3 is 4.43 Å². The van der Waals surface area contributed by atoms with E-state index in [0.29, 0.717) is 5.75 Å². The van der Waals surface area contributed by atoms with Crippen molar-refractivity contribution >= 4 is 19.9 Å². The number of halogens is 2. The second kappa shape index (κ2) is 4.38. The Morgan fingerprint density at radius 3 is 2.25 bits per heavy atom. The maximum absolute atomic E-state index is 13.0. The minimum atomic E-state index is -1.87. The summed E-state index contributed by atoms with van der Waals surface area (Å²) in [4.78, 5) is 0. The summed E-state index contributed by atoms with van der Waals surface area (Å²) < 4.78 is 19.0. The van der Waals surface area contributed by atoms with Gasteiger partial charge in [-0.1, -0.05) is 32.4 Å². The summed E-state index contributed by atoms with van der Waals surface area (Å²) >= 11 is 5.72. The number of hydrogen-bond acceptors (Lipinski definition) is 1. The molecule has 0 saturated heterocycles. The van der Waals surface area contributed by atoms with Gasteiger partial charge in [0.2, 0.25) is 8.32 Å². The fourth-order valence-corrected chi connectivity index (χ4v) is 2.18. The Morgan fingerprint density at radius 2 is 1.81 bits per heavy atom. The van der Waals surface area contributed by atoms with Crippen molar-refractivity contribution in [1.29, 1.82) is 0 Å². The van der Waals surface area contributed by atoms with Crippen molar-refractivity contribution < 1.29 is 8.82 Å². The third-order valence-corrected chi connectivity index (χ3v) is 7.72. The molecule has 1 aromatic carbocycles. The first-order valence-electron chi connectivity index (χ1n) is 5.27. The Hall–Kier alpha value is -0.543. The summed E-state index contributed by atoms with van der Waals surface area (Å²) in [6.07, 6.45) is 0. The smallest absolute Gasteiger partial charge is 0.250 e. The Bertz CT molecular complexity index is 385. The fourth-order valence-electron chi connectivity index (χ4n) is 0.988. The van der Waals surface area contributed by atoms with Gasteiger partial charge in [-0.15, -0.1) is 0 Å². The third-order valence-electron chi connectivity index (χ3n) is 3.07. The van der Waals surface area contributed by atoms with Crippen molar-refractivity contribution in [3.8, 4) is 5.75 Å². The van der Waals surface area contributed by atoms with Crippen molar-refractivity contribution in [3.63, 3.8) is 0 Å². The summed E-state index contributed by atoms with van der Waals surface area (Å²) in [6, 6.07) is 4.50. The Kier molecular flexibility index (Phi) is 3.70. The fraction of sp³-hybridized carbons (Fsp3) is 0.500. The zero-order valence-corrected chi connectivity index (χ0v) is 12.2. The van der Waals surface area contributed by atoms with Gasteiger partial charge in [0.05, 0.1) is 5.02 Å². The first kappa shape index (κ1) is 13.5. The Labute approximate surface area is 103 Å². The lowest BCUT2D eigenvalue weighted by Gasteiger charge is -2.36. The Balaban J connectivity index is 2.93. The molecular weight excluding hydrogens is 243 g/mol. The lowest BCUT2D eigenvalue weighted by atomic mass is 10.2. The van der Waals surface area contributed by atoms with Gasteiger partial charge in [0.15, 0.2) is 0 Å². The van der Waals surface area contributed by atoms with Crippen LogP contribution in [-0.4, -0.2) is 8.32 Å². The van der Waals surface area contributed by atoms with Crippen LogP contribution in [0.25, 0.3) is 0 Å². The first-order chi connectivity index (χ1) is 7.13. The molecule has 1 aromatic rings. The molecule has 0 aliphatic rings. The molecular formula is C12H18ClFOSi. The van der Waals surface area contributed by atoms with Crippen LogP contribution in [0.5, 0.6) is 5.75 Å². The minimum absolute atomic E-state index is 0.108. The second-order valence-electron chi connectivity index (χ2n) is 5.44. The van der Waals surface area contributed by atoms with Crippen LogP contribution in [0.2, 0.25) is 23.2 Å². The molecule has 0 aliphatic carbocycles. The lowest BCUT2D eigenvalue weighted by Crippen LogP contribution is -2.43. The minimum Gasteiger partial charge on any atom is -0.543 e. The van der Waals surface area contributed by atoms with Crippen LogP contribution in [0.15, 0.2) is 18.2 Å². The average molecular weight is 261 g/mol. The molecule has 0 amide bonds. The maximum Gasteiger partial charge on any atom is 0.250 e. The van der Waals surface area contributed by atoms with Gasteiger partial charge in [0, 0.05) is 6.07 Å². The zero-order valence-electron chi connectivity index (χ0n) is 10.4. The molecule has 0 aromatic heterocycles. The summed E-state index contributed by atoms with van der Waals surface area (Å²) in [6.45, 7) is 10.8. The highest BCUT2D eigenvalue weighted by Crippen LogP contribution is 2.37. The quantitative estimate of drug-likeness (QED) is 0.690. The molecule has 90 valence electrons. The number of benzene rings is 1. The van der Waals surface area contributed by atoms with Gasteiger partial charge in [-0.05, 0) is 30.3 Å². The van der Waals surface area contributed by atoms with Crippen molar-refractivity contribution in [2.45, 2.75) is 38.9 Å². The predicted molar refractivity (Wildman–Crippen MR) is 69.2 cm³/mol. The molecule has 0 unspecified atom stereocenters. The average Bonchev–Trinajstić information content (AvgIpc) is 2.09. The molecule has 0 radical (unpaired) electrons. The molecule has 0 fully saturated rings. The highest BCUT2D eigenvalue weighted by molar-refractivity contribution is 6.74. The third kappa shape index (κ3) is 2.98. The van der Waals surface area contributed by atoms with Gasteiger partial charge in [-0.2, -0.15) is 0 Å². The zero-order chi connectivity index (χ0) is 12.6. The monoisotopic (exact) mass is 260 g/mol. The van der Waals surface area contributed by atoms with Gasteiger partial charge >= 0.3 is 0 Å². The van der Waals surface area contributed by atoms with Crippen molar-refractivity contribution in [2.75, 3.05) is 0 Å². The lowest BCUT2D eigenvalue weighted by molar-refractivity contribution is 0.490. The maximum atomic E-state index is 13.0. The molecule has 0 aliphatic heterocycles. The van der Waals surface area contributed by atoms with Crippen LogP contribution in [0.3, 0.4) is 0 Å². The van der Waals surface area contributed by atoms with Crippen molar-refractivity contribution in [3.05, 3.63) is 29.0 Å². The summed E-state index contributed by atoms with van der Waals surface area (Å²) in [5.74, 6) is 0.238. The number of rotatable bonds is 2. The van der Waals surface area contributed by atoms with Crippen LogP contribution in [0.4, 0.5) is 4.39 Å². The van der Waals surface area contributed by atoms with Gasteiger partial charge in [0.25, 0.3) is 0 Å². The van der Waals surface area contributed by atoms with Crippen molar-refractivity contribution in [1.82, 2.24) is 0 Å². The summed E-state index contributed by atoms with van der Waals surface area (Å²) in [5, 5.41) is 0.227. The topological polar surface area (TPSA) is 9.23 Å². The van der Waals surface area contributed by atoms with Crippen molar-refractivity contribution in [2.24, 2.45) is 0 Å². The van der Waals surface area contributed by atoms with E-state index >= 15 is 0 Å². The molecule has 0 heterocycles. The molecule has 1 nitrogen and oxygen atoms in total. The van der Waals surface area contributed by atoms with E-state index in [1.54, 1.807) is 6.07 Å². The standard InChI is InChI=1S/C12H18ClFOSi/c1-12(2,3)16(4,5)15-9-6-7-11(14)10(13)8-9/h6-8H,1-5H3. The molecule has 0 bridgehead atoms. The SMILES string of the molecule is CC(C)(C)[Si](C)(C)Oc1ccc(F)c(Cl)c1. The van der Waals surface area contributed by atoms with E-state index in [1.807, 2.05) is 0 Å². The summed E-state index contributed by atoms with van der Waals surface area (Å²) in [5.41, 5.74) is 0. The van der Waals surface area contributed by atoms with E-state index < -0.39 is 14.1 Å². The van der Waals surface area contributed by atoms with Crippen LogP contribution in [0.1, 0.15) is 20.8 Å². The highest BCUT2D eigenvalue weighted by Gasteiger charge is 2.38. The van der Waals surface area contributed by atoms with Crippen LogP contribution in [0, 0.1) is 5.82 Å². The normalized spacial score (nSPS) is 12.7. The van der Waals surface area contributed by atoms with E-state index in [4.69, 9.17) is 16.0 Å². The number of hydrogen-bond donors (Lipinski definition) is 0. The molecule has 0 atom stereocenters. The Morgan fingerprint density at radius 1 is 1.25 bits per heavy atom. The van der Waals surface area contributed by atoms with E-state index in [-0.39, 0.29) is 10.1 Å². The van der Waals surface area contributed by atoms with Crippen LogP contribution in [-0.2, 0) is 0 Å². The largest absolute Gasteiger partial charge is 0.543 e. The summed E-state index contributed by atoms with van der Waals surface area (Å²) in [7, 11) is -1.87. The van der Waals surface area contributed by atoms with E-state index in [1.165, 1.54) is 12.1 Å². The van der Waals surface area contributed by atoms with Gasteiger partial charge in [0.1, 0.15) is 11.6 Å². The molecule has 4 heteroatoms. The van der Waals surface area contributed by atoms with Gasteiger partial charge in [-0.3, -0.25) is 0 Å². The molecule has 0 spiro atoms.